The van der Waals surface area contributed by atoms with Crippen LogP contribution in [0.2, 0.25) is 0 Å². The van der Waals surface area contributed by atoms with Gasteiger partial charge in [-0.05, 0) is 48.9 Å². The summed E-state index contributed by atoms with van der Waals surface area (Å²) >= 11 is 2.66. The van der Waals surface area contributed by atoms with Gasteiger partial charge in [-0.3, -0.25) is 4.79 Å². The highest BCUT2D eigenvalue weighted by Crippen LogP contribution is 2.27. The first-order valence-electron chi connectivity index (χ1n) is 9.56. The Morgan fingerprint density at radius 2 is 2.07 bits per heavy atom. The van der Waals surface area contributed by atoms with Gasteiger partial charge in [0.05, 0.1) is 16.8 Å². The van der Waals surface area contributed by atoms with E-state index in [0.717, 1.165) is 15.8 Å². The molecule has 1 aliphatic heterocycles. The van der Waals surface area contributed by atoms with Crippen LogP contribution in [0.1, 0.15) is 18.4 Å². The van der Waals surface area contributed by atoms with Crippen molar-refractivity contribution in [1.82, 2.24) is 8.87 Å². The van der Waals surface area contributed by atoms with E-state index in [9.17, 15) is 13.2 Å². The van der Waals surface area contributed by atoms with Gasteiger partial charge in [0.1, 0.15) is 4.21 Å². The standard InChI is InChI=1S/C21H21N3O3S3/c1-3-10-24-17-7-6-15(2)14-18(17)29-21(24)22-20(25)16-8-11-23(12-9-16)30(26,27)19-5-4-13-28-19/h1,4-7,13-14,16H,8-12H2,2H3. The molecular weight excluding hydrogens is 438 g/mol. The van der Waals surface area contributed by atoms with E-state index < -0.39 is 10.0 Å². The number of thiazole rings is 1. The Labute approximate surface area is 183 Å². The molecule has 3 heterocycles. The van der Waals surface area contributed by atoms with E-state index in [-0.39, 0.29) is 11.8 Å². The average Bonchev–Trinajstić information content (AvgIpc) is 3.38. The van der Waals surface area contributed by atoms with Gasteiger partial charge in [0, 0.05) is 19.0 Å². The molecule has 1 aromatic carbocycles. The van der Waals surface area contributed by atoms with E-state index in [0.29, 0.717) is 41.5 Å². The molecule has 1 fully saturated rings. The molecule has 2 aromatic heterocycles. The molecule has 0 N–H and O–H groups in total. The largest absolute Gasteiger partial charge is 0.305 e. The Morgan fingerprint density at radius 3 is 2.73 bits per heavy atom. The van der Waals surface area contributed by atoms with Crippen molar-refractivity contribution in [2.45, 2.75) is 30.5 Å². The van der Waals surface area contributed by atoms with Gasteiger partial charge in [-0.25, -0.2) is 8.42 Å². The SMILES string of the molecule is C#CCn1c(=NC(=O)C2CCN(S(=O)(=O)c3cccs3)CC2)sc2cc(C)ccc21. The normalized spacial score (nSPS) is 16.7. The predicted molar refractivity (Wildman–Crippen MR) is 120 cm³/mol. The van der Waals surface area contributed by atoms with Crippen LogP contribution in [-0.4, -0.2) is 36.3 Å². The fourth-order valence-electron chi connectivity index (χ4n) is 3.58. The van der Waals surface area contributed by atoms with Gasteiger partial charge in [0.2, 0.25) is 0 Å². The fourth-order valence-corrected chi connectivity index (χ4v) is 7.32. The topological polar surface area (TPSA) is 71.7 Å². The first-order valence-corrected chi connectivity index (χ1v) is 12.7. The van der Waals surface area contributed by atoms with Gasteiger partial charge in [0.15, 0.2) is 4.80 Å². The Bertz CT molecular complexity index is 1290. The summed E-state index contributed by atoms with van der Waals surface area (Å²) in [6.07, 6.45) is 6.45. The van der Waals surface area contributed by atoms with Crippen molar-refractivity contribution in [3.05, 3.63) is 46.1 Å². The molecule has 3 aromatic rings. The summed E-state index contributed by atoms with van der Waals surface area (Å²) in [4.78, 5) is 17.8. The number of amides is 1. The fraction of sp³-hybridized carbons (Fsp3) is 0.333. The third-order valence-corrected chi connectivity index (χ3v) is 9.50. The van der Waals surface area contributed by atoms with Crippen LogP contribution in [0.5, 0.6) is 0 Å². The molecule has 9 heteroatoms. The van der Waals surface area contributed by atoms with Gasteiger partial charge < -0.3 is 4.57 Å². The number of terminal acetylenes is 1. The van der Waals surface area contributed by atoms with Crippen LogP contribution >= 0.6 is 22.7 Å². The quantitative estimate of drug-likeness (QED) is 0.563. The summed E-state index contributed by atoms with van der Waals surface area (Å²) in [6, 6.07) is 9.41. The first-order chi connectivity index (χ1) is 14.4. The molecule has 6 nitrogen and oxygen atoms in total. The van der Waals surface area contributed by atoms with Crippen molar-refractivity contribution in [1.29, 1.82) is 0 Å². The number of fused-ring (bicyclic) bond motifs is 1. The lowest BCUT2D eigenvalue weighted by atomic mass is 9.98. The van der Waals surface area contributed by atoms with Gasteiger partial charge in [-0.15, -0.1) is 17.8 Å². The number of hydrogen-bond acceptors (Lipinski definition) is 5. The second kappa shape index (κ2) is 8.47. The van der Waals surface area contributed by atoms with E-state index in [2.05, 4.69) is 17.0 Å². The first kappa shape index (κ1) is 21.0. The second-order valence-corrected chi connectivity index (χ2v) is 11.3. The molecule has 1 saturated heterocycles. The maximum Gasteiger partial charge on any atom is 0.252 e. The second-order valence-electron chi connectivity index (χ2n) is 7.21. The highest BCUT2D eigenvalue weighted by atomic mass is 32.2. The summed E-state index contributed by atoms with van der Waals surface area (Å²) in [7, 11) is -3.48. The number of aromatic nitrogens is 1. The minimum atomic E-state index is -3.48. The van der Waals surface area contributed by atoms with Crippen molar-refractivity contribution in [2.75, 3.05) is 13.1 Å². The van der Waals surface area contributed by atoms with Crippen LogP contribution in [0.3, 0.4) is 0 Å². The average molecular weight is 460 g/mol. The van der Waals surface area contributed by atoms with Crippen LogP contribution in [0.15, 0.2) is 44.9 Å². The number of sulfonamides is 1. The van der Waals surface area contributed by atoms with E-state index in [1.165, 1.54) is 27.0 Å². The minimum absolute atomic E-state index is 0.211. The molecule has 0 bridgehead atoms. The predicted octanol–water partition coefficient (Wildman–Crippen LogP) is 3.23. The molecule has 0 saturated carbocycles. The molecule has 0 unspecified atom stereocenters. The minimum Gasteiger partial charge on any atom is -0.305 e. The number of thiophene rings is 1. The van der Waals surface area contributed by atoms with Gasteiger partial charge >= 0.3 is 0 Å². The molecule has 30 heavy (non-hydrogen) atoms. The molecule has 0 aliphatic carbocycles. The molecule has 4 rings (SSSR count). The summed E-state index contributed by atoms with van der Waals surface area (Å²) in [6.45, 7) is 3.00. The molecule has 1 aliphatic rings. The van der Waals surface area contributed by atoms with Gasteiger partial charge in [0.25, 0.3) is 15.9 Å². The molecule has 0 atom stereocenters. The summed E-state index contributed by atoms with van der Waals surface area (Å²) in [5, 5.41) is 1.75. The maximum atomic E-state index is 12.9. The Morgan fingerprint density at radius 1 is 1.30 bits per heavy atom. The zero-order chi connectivity index (χ0) is 21.3. The summed E-state index contributed by atoms with van der Waals surface area (Å²) in [5.74, 6) is 2.13. The Hall–Kier alpha value is -2.25. The molecule has 1 amide bonds. The lowest BCUT2D eigenvalue weighted by Gasteiger charge is -2.29. The maximum absolute atomic E-state index is 12.9. The van der Waals surface area contributed by atoms with Crippen LogP contribution in [0.4, 0.5) is 0 Å². The lowest BCUT2D eigenvalue weighted by molar-refractivity contribution is -0.122. The van der Waals surface area contributed by atoms with E-state index in [4.69, 9.17) is 6.42 Å². The highest BCUT2D eigenvalue weighted by molar-refractivity contribution is 7.91. The molecule has 156 valence electrons. The Balaban J connectivity index is 1.55. The lowest BCUT2D eigenvalue weighted by Crippen LogP contribution is -2.40. The monoisotopic (exact) mass is 459 g/mol. The van der Waals surface area contributed by atoms with Crippen LogP contribution < -0.4 is 4.80 Å². The van der Waals surface area contributed by atoms with Crippen molar-refractivity contribution in [3.8, 4) is 12.3 Å². The highest BCUT2D eigenvalue weighted by Gasteiger charge is 2.32. The van der Waals surface area contributed by atoms with E-state index in [1.54, 1.807) is 17.5 Å². The van der Waals surface area contributed by atoms with Crippen LogP contribution in [0.25, 0.3) is 10.2 Å². The van der Waals surface area contributed by atoms with Crippen LogP contribution in [0, 0.1) is 25.2 Å². The number of carbonyl (C=O) groups excluding carboxylic acids is 1. The van der Waals surface area contributed by atoms with Gasteiger partial charge in [-0.1, -0.05) is 29.4 Å². The third-order valence-electron chi connectivity index (χ3n) is 5.19. The van der Waals surface area contributed by atoms with Crippen molar-refractivity contribution < 1.29 is 13.2 Å². The summed E-state index contributed by atoms with van der Waals surface area (Å²) in [5.41, 5.74) is 2.10. The zero-order valence-corrected chi connectivity index (χ0v) is 18.9. The van der Waals surface area contributed by atoms with E-state index >= 15 is 0 Å². The van der Waals surface area contributed by atoms with Crippen LogP contribution in [-0.2, 0) is 21.4 Å². The number of nitrogens with zero attached hydrogens (tertiary/aromatic N) is 3. The number of hydrogen-bond donors (Lipinski definition) is 0. The molecule has 0 radical (unpaired) electrons. The number of carbonyl (C=O) groups is 1. The zero-order valence-electron chi connectivity index (χ0n) is 16.4. The van der Waals surface area contributed by atoms with Gasteiger partial charge in [-0.2, -0.15) is 9.30 Å². The Kier molecular flexibility index (Phi) is 5.93. The third kappa shape index (κ3) is 4.01. The smallest absolute Gasteiger partial charge is 0.252 e. The van der Waals surface area contributed by atoms with Crippen molar-refractivity contribution in [3.63, 3.8) is 0 Å². The van der Waals surface area contributed by atoms with E-state index in [1.807, 2.05) is 23.6 Å². The molecule has 0 spiro atoms. The summed E-state index contributed by atoms with van der Waals surface area (Å²) < 4.78 is 30.1. The number of benzene rings is 1. The number of rotatable bonds is 4. The van der Waals surface area contributed by atoms with Crippen molar-refractivity contribution in [2.24, 2.45) is 10.9 Å². The molecular formula is C21H21N3O3S3. The number of piperidine rings is 1. The van der Waals surface area contributed by atoms with Crippen molar-refractivity contribution >= 4 is 48.8 Å². The number of aryl methyl sites for hydroxylation is 1.